The van der Waals surface area contributed by atoms with Gasteiger partial charge in [-0.05, 0) is 6.42 Å². The SMILES string of the molecule is C=CCCNc1cnn(CCO)c(=O)c1Cl. The second-order valence-corrected chi connectivity index (χ2v) is 3.51. The van der Waals surface area contributed by atoms with Crippen LogP contribution in [0.25, 0.3) is 0 Å². The van der Waals surface area contributed by atoms with E-state index in [2.05, 4.69) is 17.0 Å². The van der Waals surface area contributed by atoms with Crippen molar-refractivity contribution in [2.45, 2.75) is 13.0 Å². The molecule has 0 saturated heterocycles. The molecule has 16 heavy (non-hydrogen) atoms. The van der Waals surface area contributed by atoms with Crippen molar-refractivity contribution < 1.29 is 5.11 Å². The molecular weight excluding hydrogens is 230 g/mol. The average Bonchev–Trinajstić information content (AvgIpc) is 2.28. The quantitative estimate of drug-likeness (QED) is 0.575. The van der Waals surface area contributed by atoms with E-state index in [-0.39, 0.29) is 18.2 Å². The predicted octanol–water partition coefficient (Wildman–Crippen LogP) is 0.877. The monoisotopic (exact) mass is 243 g/mol. The third-order valence-corrected chi connectivity index (χ3v) is 2.33. The van der Waals surface area contributed by atoms with Crippen molar-refractivity contribution in [1.29, 1.82) is 0 Å². The number of nitrogens with zero attached hydrogens (tertiary/aromatic N) is 2. The molecule has 0 bridgehead atoms. The van der Waals surface area contributed by atoms with Crippen molar-refractivity contribution in [3.05, 3.63) is 34.2 Å². The first-order valence-corrected chi connectivity index (χ1v) is 5.29. The van der Waals surface area contributed by atoms with Crippen LogP contribution in [0.3, 0.4) is 0 Å². The topological polar surface area (TPSA) is 67.2 Å². The van der Waals surface area contributed by atoms with Gasteiger partial charge in [-0.25, -0.2) is 4.68 Å². The summed E-state index contributed by atoms with van der Waals surface area (Å²) in [5.74, 6) is 0. The Hall–Kier alpha value is -1.33. The van der Waals surface area contributed by atoms with Gasteiger partial charge in [0, 0.05) is 6.54 Å². The zero-order chi connectivity index (χ0) is 12.0. The van der Waals surface area contributed by atoms with Crippen LogP contribution in [0.1, 0.15) is 6.42 Å². The van der Waals surface area contributed by atoms with Crippen LogP contribution in [0.15, 0.2) is 23.6 Å². The largest absolute Gasteiger partial charge is 0.394 e. The van der Waals surface area contributed by atoms with Crippen molar-refractivity contribution in [3.63, 3.8) is 0 Å². The van der Waals surface area contributed by atoms with E-state index < -0.39 is 5.56 Å². The van der Waals surface area contributed by atoms with Gasteiger partial charge < -0.3 is 10.4 Å². The highest BCUT2D eigenvalue weighted by Crippen LogP contribution is 2.14. The van der Waals surface area contributed by atoms with Crippen LogP contribution >= 0.6 is 11.6 Å². The lowest BCUT2D eigenvalue weighted by Gasteiger charge is -2.08. The molecule has 0 saturated carbocycles. The normalized spacial score (nSPS) is 10.1. The van der Waals surface area contributed by atoms with Gasteiger partial charge in [-0.3, -0.25) is 4.79 Å². The molecule has 0 aliphatic heterocycles. The number of nitrogens with one attached hydrogen (secondary N) is 1. The Morgan fingerprint density at radius 1 is 1.69 bits per heavy atom. The second-order valence-electron chi connectivity index (χ2n) is 3.13. The summed E-state index contributed by atoms with van der Waals surface area (Å²) < 4.78 is 1.13. The third kappa shape index (κ3) is 3.08. The van der Waals surface area contributed by atoms with E-state index in [9.17, 15) is 4.79 Å². The Morgan fingerprint density at radius 3 is 3.06 bits per heavy atom. The van der Waals surface area contributed by atoms with Gasteiger partial charge in [0.2, 0.25) is 0 Å². The average molecular weight is 244 g/mol. The van der Waals surface area contributed by atoms with Crippen LogP contribution < -0.4 is 10.9 Å². The molecular formula is C10H14ClN3O2. The molecule has 1 heterocycles. The second kappa shape index (κ2) is 6.30. The maximum atomic E-state index is 11.6. The number of aliphatic hydroxyl groups excluding tert-OH is 1. The molecule has 1 rings (SSSR count). The Kier molecular flexibility index (Phi) is 5.01. The van der Waals surface area contributed by atoms with Crippen molar-refractivity contribution >= 4 is 17.3 Å². The number of hydrogen-bond acceptors (Lipinski definition) is 4. The number of hydrogen-bond donors (Lipinski definition) is 2. The van der Waals surface area contributed by atoms with Crippen LogP contribution in [0.4, 0.5) is 5.69 Å². The smallest absolute Gasteiger partial charge is 0.287 e. The molecule has 0 aliphatic carbocycles. The van der Waals surface area contributed by atoms with Gasteiger partial charge in [0.05, 0.1) is 25.0 Å². The summed E-state index contributed by atoms with van der Waals surface area (Å²) in [6.07, 6.45) is 4.01. The van der Waals surface area contributed by atoms with Crippen molar-refractivity contribution in [3.8, 4) is 0 Å². The molecule has 0 aromatic carbocycles. The number of rotatable bonds is 6. The van der Waals surface area contributed by atoms with Crippen LogP contribution in [0, 0.1) is 0 Å². The Bertz CT molecular complexity index is 417. The predicted molar refractivity (Wildman–Crippen MR) is 63.9 cm³/mol. The molecule has 1 aromatic heterocycles. The minimum absolute atomic E-state index is 0.0903. The molecule has 5 nitrogen and oxygen atoms in total. The fraction of sp³-hybridized carbons (Fsp3) is 0.400. The maximum absolute atomic E-state index is 11.6. The highest BCUT2D eigenvalue weighted by Gasteiger charge is 2.07. The van der Waals surface area contributed by atoms with Crippen molar-refractivity contribution in [2.24, 2.45) is 0 Å². The minimum atomic E-state index is -0.403. The lowest BCUT2D eigenvalue weighted by molar-refractivity contribution is 0.266. The van der Waals surface area contributed by atoms with Crippen LogP contribution in [0.2, 0.25) is 5.02 Å². The highest BCUT2D eigenvalue weighted by molar-refractivity contribution is 6.32. The van der Waals surface area contributed by atoms with Crippen molar-refractivity contribution in [1.82, 2.24) is 9.78 Å². The van der Waals surface area contributed by atoms with E-state index in [1.807, 2.05) is 0 Å². The first-order valence-electron chi connectivity index (χ1n) is 4.92. The molecule has 1 aromatic rings. The highest BCUT2D eigenvalue weighted by atomic mass is 35.5. The van der Waals surface area contributed by atoms with Crippen LogP contribution in [0.5, 0.6) is 0 Å². The van der Waals surface area contributed by atoms with Gasteiger partial charge in [0.25, 0.3) is 5.56 Å². The van der Waals surface area contributed by atoms with Gasteiger partial charge in [-0.15, -0.1) is 6.58 Å². The lowest BCUT2D eigenvalue weighted by atomic mass is 10.4. The van der Waals surface area contributed by atoms with Gasteiger partial charge in [-0.2, -0.15) is 5.10 Å². The zero-order valence-corrected chi connectivity index (χ0v) is 9.57. The number of halogens is 1. The molecule has 0 unspecified atom stereocenters. The molecule has 0 atom stereocenters. The summed E-state index contributed by atoms with van der Waals surface area (Å²) in [7, 11) is 0. The van der Waals surface area contributed by atoms with Crippen LogP contribution in [-0.4, -0.2) is 28.0 Å². The maximum Gasteiger partial charge on any atom is 0.287 e. The van der Waals surface area contributed by atoms with E-state index in [1.54, 1.807) is 6.08 Å². The first-order chi connectivity index (χ1) is 7.70. The van der Waals surface area contributed by atoms with Gasteiger partial charge in [0.15, 0.2) is 0 Å². The van der Waals surface area contributed by atoms with E-state index in [0.717, 1.165) is 11.1 Å². The van der Waals surface area contributed by atoms with E-state index in [0.29, 0.717) is 12.2 Å². The molecule has 2 N–H and O–H groups in total. The summed E-state index contributed by atoms with van der Waals surface area (Å²) >= 11 is 5.87. The minimum Gasteiger partial charge on any atom is -0.394 e. The van der Waals surface area contributed by atoms with Crippen molar-refractivity contribution in [2.75, 3.05) is 18.5 Å². The van der Waals surface area contributed by atoms with E-state index >= 15 is 0 Å². The molecule has 88 valence electrons. The number of aliphatic hydroxyl groups is 1. The molecule has 6 heteroatoms. The Labute approximate surface area is 98.4 Å². The lowest BCUT2D eigenvalue weighted by Crippen LogP contribution is -2.25. The number of aromatic nitrogens is 2. The van der Waals surface area contributed by atoms with Crippen LogP contribution in [-0.2, 0) is 6.54 Å². The van der Waals surface area contributed by atoms with E-state index in [4.69, 9.17) is 16.7 Å². The fourth-order valence-corrected chi connectivity index (χ4v) is 1.36. The molecule has 0 aliphatic rings. The molecule has 0 radical (unpaired) electrons. The molecule has 0 fully saturated rings. The first kappa shape index (κ1) is 12.7. The Balaban J connectivity index is 2.84. The standard InChI is InChI=1S/C10H14ClN3O2/c1-2-3-4-12-8-7-13-14(5-6-15)10(16)9(8)11/h2,7,12,15H,1,3-6H2. The number of anilines is 1. The summed E-state index contributed by atoms with van der Waals surface area (Å²) in [6, 6.07) is 0. The van der Waals surface area contributed by atoms with Gasteiger partial charge >= 0.3 is 0 Å². The molecule has 0 amide bonds. The zero-order valence-electron chi connectivity index (χ0n) is 8.82. The van der Waals surface area contributed by atoms with E-state index in [1.165, 1.54) is 6.20 Å². The summed E-state index contributed by atoms with van der Waals surface area (Å²) in [5.41, 5.74) is 0.0991. The Morgan fingerprint density at radius 2 is 2.44 bits per heavy atom. The summed E-state index contributed by atoms with van der Waals surface area (Å²) in [4.78, 5) is 11.6. The summed E-state index contributed by atoms with van der Waals surface area (Å²) in [5, 5.41) is 15.7. The fourth-order valence-electron chi connectivity index (χ4n) is 1.15. The van der Waals surface area contributed by atoms with Gasteiger partial charge in [-0.1, -0.05) is 17.7 Å². The molecule has 0 spiro atoms. The summed E-state index contributed by atoms with van der Waals surface area (Å²) in [6.45, 7) is 4.23. The van der Waals surface area contributed by atoms with Gasteiger partial charge in [0.1, 0.15) is 5.02 Å². The third-order valence-electron chi connectivity index (χ3n) is 1.96.